The smallest absolute Gasteiger partial charge is 0.461 e. The van der Waals surface area contributed by atoms with E-state index >= 15 is 0 Å². The highest BCUT2D eigenvalue weighted by atomic mass is 31.2. The van der Waals surface area contributed by atoms with E-state index in [-0.39, 0.29) is 38.3 Å². The summed E-state index contributed by atoms with van der Waals surface area (Å²) in [5.74, 6) is -1.08. The van der Waals surface area contributed by atoms with Crippen LogP contribution in [0.4, 0.5) is 0 Å². The lowest BCUT2D eigenvalue weighted by Crippen LogP contribution is -2.29. The molecule has 0 bridgehead atoms. The average Bonchev–Trinajstić information content (AvgIpc) is 3.92. The first-order chi connectivity index (χ1) is 21.2. The van der Waals surface area contributed by atoms with E-state index in [4.69, 9.17) is 28.0 Å². The monoisotopic (exact) mass is 645 g/mol. The van der Waals surface area contributed by atoms with Gasteiger partial charge in [-0.05, 0) is 39.3 Å². The van der Waals surface area contributed by atoms with Crippen molar-refractivity contribution in [1.29, 1.82) is 0 Å². The van der Waals surface area contributed by atoms with Crippen LogP contribution in [-0.4, -0.2) is 92.2 Å². The topological polar surface area (TPSA) is 137 Å². The molecule has 0 aromatic carbocycles. The number of carbonyl (C=O) groups excluding carboxylic acids is 2. The van der Waals surface area contributed by atoms with Gasteiger partial charge in [0, 0.05) is 6.54 Å². The molecule has 0 aliphatic carbocycles. The molecule has 6 unspecified atom stereocenters. The zero-order valence-corrected chi connectivity index (χ0v) is 28.1. The van der Waals surface area contributed by atoms with E-state index in [2.05, 4.69) is 13.8 Å². The summed E-state index contributed by atoms with van der Waals surface area (Å²) in [6.45, 7) is 6.71. The highest BCUT2D eigenvalue weighted by molar-refractivity contribution is 7.47. The first-order valence-electron chi connectivity index (χ1n) is 16.4. The van der Waals surface area contributed by atoms with Crippen molar-refractivity contribution in [3.63, 3.8) is 0 Å². The first kappa shape index (κ1) is 38.6. The van der Waals surface area contributed by atoms with Gasteiger partial charge in [-0.1, -0.05) is 83.6 Å². The SMILES string of the molecule is CCCCCC1OC1C/C=C/CC(=O)OCC(COP(=O)(O)OCCN(C)CC)OC(=O)C/C=C/CC1OC1CCCCC. The molecule has 12 heteroatoms. The molecule has 0 aromatic rings. The summed E-state index contributed by atoms with van der Waals surface area (Å²) in [5.41, 5.74) is 0. The molecule has 1 N–H and O–H groups in total. The summed E-state index contributed by atoms with van der Waals surface area (Å²) in [5, 5.41) is 0. The Labute approximate surface area is 264 Å². The summed E-state index contributed by atoms with van der Waals surface area (Å²) >= 11 is 0. The zero-order valence-electron chi connectivity index (χ0n) is 27.2. The molecule has 0 aromatic heterocycles. The minimum Gasteiger partial charge on any atom is -0.461 e. The van der Waals surface area contributed by atoms with Crippen molar-refractivity contribution in [3.8, 4) is 0 Å². The molecule has 2 heterocycles. The van der Waals surface area contributed by atoms with Crippen LogP contribution >= 0.6 is 7.82 Å². The lowest BCUT2D eigenvalue weighted by Gasteiger charge is -2.20. The predicted octanol–water partition coefficient (Wildman–Crippen LogP) is 5.89. The Morgan fingerprint density at radius 2 is 1.39 bits per heavy atom. The molecule has 6 atom stereocenters. The quantitative estimate of drug-likeness (QED) is 0.0376. The summed E-state index contributed by atoms with van der Waals surface area (Å²) in [6.07, 6.45) is 18.0. The van der Waals surface area contributed by atoms with Crippen LogP contribution < -0.4 is 0 Å². The molecule has 0 amide bonds. The number of phosphoric ester groups is 1. The Balaban J connectivity index is 1.75. The Morgan fingerprint density at radius 1 is 0.818 bits per heavy atom. The lowest BCUT2D eigenvalue weighted by molar-refractivity contribution is -0.160. The molecule has 0 radical (unpaired) electrons. The van der Waals surface area contributed by atoms with Crippen molar-refractivity contribution in [2.24, 2.45) is 0 Å². The second-order valence-corrected chi connectivity index (χ2v) is 13.0. The van der Waals surface area contributed by atoms with Crippen LogP contribution in [0.25, 0.3) is 0 Å². The van der Waals surface area contributed by atoms with Crippen molar-refractivity contribution in [3.05, 3.63) is 24.3 Å². The number of ether oxygens (including phenoxy) is 4. The third kappa shape index (κ3) is 18.4. The van der Waals surface area contributed by atoms with Crippen LogP contribution in [0.1, 0.15) is 97.8 Å². The highest BCUT2D eigenvalue weighted by Gasteiger charge is 2.37. The fourth-order valence-corrected chi connectivity index (χ4v) is 5.31. The molecule has 0 saturated carbocycles. The van der Waals surface area contributed by atoms with Gasteiger partial charge in [0.25, 0.3) is 0 Å². The Morgan fingerprint density at radius 3 is 1.93 bits per heavy atom. The molecule has 254 valence electrons. The third-order valence-electron chi connectivity index (χ3n) is 7.62. The van der Waals surface area contributed by atoms with Crippen LogP contribution in [-0.2, 0) is 42.1 Å². The largest absolute Gasteiger partial charge is 0.472 e. The maximum absolute atomic E-state index is 12.5. The average molecular weight is 646 g/mol. The molecule has 2 saturated heterocycles. The second kappa shape index (κ2) is 22.0. The number of likely N-dealkylation sites (N-methyl/N-ethyl adjacent to an activating group) is 1. The fourth-order valence-electron chi connectivity index (χ4n) is 4.57. The van der Waals surface area contributed by atoms with Crippen LogP contribution in [0.3, 0.4) is 0 Å². The molecule has 0 spiro atoms. The van der Waals surface area contributed by atoms with E-state index in [0.717, 1.165) is 38.6 Å². The van der Waals surface area contributed by atoms with Gasteiger partial charge in [0.2, 0.25) is 0 Å². The maximum atomic E-state index is 12.5. The Hall–Kier alpha value is -1.59. The van der Waals surface area contributed by atoms with Gasteiger partial charge in [-0.25, -0.2) is 4.57 Å². The standard InChI is InChI=1S/C32H56NO10P/c1-5-8-10-16-27-29(42-27)18-12-14-20-31(34)38-24-26(25-40-44(36,37)39-23-22-33(4)7-3)41-32(35)21-15-13-19-30-28(43-30)17-11-9-6-2/h12-15,26-30H,5-11,16-25H2,1-4H3,(H,36,37)/b14-12+,15-13+. The normalized spacial score (nSPS) is 23.2. The van der Waals surface area contributed by atoms with Gasteiger partial charge < -0.3 is 28.7 Å². The Kier molecular flexibility index (Phi) is 19.3. The van der Waals surface area contributed by atoms with E-state index in [9.17, 15) is 19.0 Å². The van der Waals surface area contributed by atoms with Crippen LogP contribution in [0.15, 0.2) is 24.3 Å². The third-order valence-corrected chi connectivity index (χ3v) is 8.60. The fraction of sp³-hybridized carbons (Fsp3) is 0.812. The second-order valence-electron chi connectivity index (χ2n) is 11.5. The zero-order chi connectivity index (χ0) is 32.2. The van der Waals surface area contributed by atoms with Crippen molar-refractivity contribution in [2.45, 2.75) is 128 Å². The van der Waals surface area contributed by atoms with E-state index in [1.165, 1.54) is 32.1 Å². The van der Waals surface area contributed by atoms with Gasteiger partial charge >= 0.3 is 19.8 Å². The minimum atomic E-state index is -4.40. The number of unbranched alkanes of at least 4 members (excludes halogenated alkanes) is 4. The van der Waals surface area contributed by atoms with E-state index in [1.807, 2.05) is 31.0 Å². The minimum absolute atomic E-state index is 0.000278. The molecule has 2 aliphatic heterocycles. The predicted molar refractivity (Wildman–Crippen MR) is 168 cm³/mol. The number of carbonyl (C=O) groups is 2. The van der Waals surface area contributed by atoms with Gasteiger partial charge in [0.15, 0.2) is 6.10 Å². The van der Waals surface area contributed by atoms with E-state index in [0.29, 0.717) is 18.8 Å². The lowest BCUT2D eigenvalue weighted by atomic mass is 10.1. The van der Waals surface area contributed by atoms with Gasteiger partial charge in [-0.15, -0.1) is 0 Å². The van der Waals surface area contributed by atoms with E-state index in [1.54, 1.807) is 12.2 Å². The number of rotatable bonds is 27. The summed E-state index contributed by atoms with van der Waals surface area (Å²) < 4.78 is 44.5. The van der Waals surface area contributed by atoms with Crippen molar-refractivity contribution < 1.29 is 47.0 Å². The van der Waals surface area contributed by atoms with Crippen LogP contribution in [0.5, 0.6) is 0 Å². The number of esters is 2. The van der Waals surface area contributed by atoms with Crippen LogP contribution in [0, 0.1) is 0 Å². The molecular formula is C32H56NO10P. The number of phosphoric acid groups is 1. The van der Waals surface area contributed by atoms with Crippen LogP contribution in [0.2, 0.25) is 0 Å². The molecule has 2 aliphatic rings. The van der Waals surface area contributed by atoms with E-state index < -0.39 is 32.5 Å². The van der Waals surface area contributed by atoms with Gasteiger partial charge in [-0.2, -0.15) is 0 Å². The molecule has 2 rings (SSSR count). The summed E-state index contributed by atoms with van der Waals surface area (Å²) in [4.78, 5) is 36.8. The van der Waals surface area contributed by atoms with Gasteiger partial charge in [0.1, 0.15) is 6.61 Å². The molecule has 11 nitrogen and oxygen atoms in total. The van der Waals surface area contributed by atoms with Crippen molar-refractivity contribution in [2.75, 3.05) is 40.0 Å². The molecular weight excluding hydrogens is 589 g/mol. The van der Waals surface area contributed by atoms with Gasteiger partial charge in [0.05, 0.1) is 50.5 Å². The number of hydrogen-bond donors (Lipinski definition) is 1. The van der Waals surface area contributed by atoms with Crippen molar-refractivity contribution in [1.82, 2.24) is 4.90 Å². The molecule has 2 fully saturated rings. The first-order valence-corrected chi connectivity index (χ1v) is 17.9. The van der Waals surface area contributed by atoms with Gasteiger partial charge in [-0.3, -0.25) is 18.6 Å². The molecule has 44 heavy (non-hydrogen) atoms. The number of nitrogens with zero attached hydrogens (tertiary/aromatic N) is 1. The summed E-state index contributed by atoms with van der Waals surface area (Å²) in [6, 6.07) is 0. The maximum Gasteiger partial charge on any atom is 0.472 e. The van der Waals surface area contributed by atoms with Crippen molar-refractivity contribution >= 4 is 19.8 Å². The summed E-state index contributed by atoms with van der Waals surface area (Å²) in [7, 11) is -2.54. The number of hydrogen-bond acceptors (Lipinski definition) is 10. The Bertz CT molecular complexity index is 929. The highest BCUT2D eigenvalue weighted by Crippen LogP contribution is 2.43. The number of epoxide rings is 2.